The van der Waals surface area contributed by atoms with E-state index in [-0.39, 0.29) is 19.9 Å². The molecule has 0 spiro atoms. The average Bonchev–Trinajstić information content (AvgIpc) is 3.12. The van der Waals surface area contributed by atoms with Gasteiger partial charge in [0.2, 0.25) is 0 Å². The molecule has 1 aliphatic carbocycles. The van der Waals surface area contributed by atoms with Crippen molar-refractivity contribution in [3.8, 4) is 0 Å². The molecule has 3 aliphatic rings. The van der Waals surface area contributed by atoms with Crippen molar-refractivity contribution < 1.29 is 44.6 Å². The van der Waals surface area contributed by atoms with E-state index in [1.165, 1.54) is 38.1 Å². The van der Waals surface area contributed by atoms with E-state index in [0.717, 1.165) is 0 Å². The quantitative estimate of drug-likeness (QED) is 0.466. The Morgan fingerprint density at radius 1 is 0.553 bits per heavy atom. The highest BCUT2D eigenvalue weighted by molar-refractivity contribution is 7.87. The number of amides is 4. The molecule has 0 atom stereocenters. The molecule has 38 heavy (non-hydrogen) atoms. The van der Waals surface area contributed by atoms with Crippen LogP contribution in [-0.2, 0) is 48.0 Å². The molecule has 0 unspecified atom stereocenters. The van der Waals surface area contributed by atoms with Gasteiger partial charge in [0, 0.05) is 0 Å². The third-order valence-electron chi connectivity index (χ3n) is 7.06. The average molecular weight is 563 g/mol. The van der Waals surface area contributed by atoms with Crippen LogP contribution < -0.4 is 0 Å². The Morgan fingerprint density at radius 3 is 1.13 bits per heavy atom. The molecule has 1 saturated carbocycles. The van der Waals surface area contributed by atoms with Crippen LogP contribution in [0, 0.1) is 51.4 Å². The van der Waals surface area contributed by atoms with E-state index in [2.05, 4.69) is 0 Å². The number of nitrogens with zero attached hydrogens (tertiary/aromatic N) is 2. The minimum absolute atomic E-state index is 0.0728. The monoisotopic (exact) mass is 562 g/mol. The van der Waals surface area contributed by atoms with Crippen molar-refractivity contribution >= 4 is 43.9 Å². The fraction of sp³-hybridized carbons (Fsp3) is 0.333. The van der Waals surface area contributed by atoms with Crippen LogP contribution in [0.3, 0.4) is 0 Å². The van der Waals surface area contributed by atoms with Crippen LogP contribution in [0.5, 0.6) is 0 Å². The highest BCUT2D eigenvalue weighted by Crippen LogP contribution is 2.57. The van der Waals surface area contributed by atoms with Crippen LogP contribution in [0.25, 0.3) is 0 Å². The van der Waals surface area contributed by atoms with Gasteiger partial charge >= 0.3 is 20.2 Å². The Bertz CT molecular complexity index is 1490. The predicted molar refractivity (Wildman–Crippen MR) is 126 cm³/mol. The lowest BCUT2D eigenvalue weighted by Crippen LogP contribution is -2.50. The molecule has 0 N–H and O–H groups in total. The number of benzene rings is 2. The summed E-state index contributed by atoms with van der Waals surface area (Å²) < 4.78 is 61.2. The van der Waals surface area contributed by atoms with E-state index in [0.29, 0.717) is 22.3 Å². The van der Waals surface area contributed by atoms with Gasteiger partial charge in [0.25, 0.3) is 23.6 Å². The van der Waals surface area contributed by atoms with Crippen molar-refractivity contribution in [2.45, 2.75) is 37.5 Å². The minimum Gasteiger partial charge on any atom is -0.272 e. The Morgan fingerprint density at radius 2 is 0.842 bits per heavy atom. The van der Waals surface area contributed by atoms with Crippen LogP contribution >= 0.6 is 0 Å². The largest absolute Gasteiger partial charge is 0.318 e. The Kier molecular flexibility index (Phi) is 5.87. The molecule has 0 radical (unpaired) electrons. The molecule has 2 aliphatic heterocycles. The van der Waals surface area contributed by atoms with Gasteiger partial charge < -0.3 is 0 Å². The number of hydrogen-bond donors (Lipinski definition) is 0. The van der Waals surface area contributed by atoms with Gasteiger partial charge in [-0.05, 0) is 62.1 Å². The normalized spacial score (nSPS) is 25.1. The molecule has 0 bridgehead atoms. The number of carbonyl (C=O) groups excluding carboxylic acids is 4. The molecule has 200 valence electrons. The van der Waals surface area contributed by atoms with Crippen molar-refractivity contribution in [1.29, 1.82) is 0 Å². The molecule has 2 aromatic rings. The third-order valence-corrected chi connectivity index (χ3v) is 9.71. The summed E-state index contributed by atoms with van der Waals surface area (Å²) in [6.45, 7) is 6.32. The van der Waals surface area contributed by atoms with Crippen LogP contribution in [0.2, 0.25) is 0 Å². The maximum absolute atomic E-state index is 13.0. The first-order chi connectivity index (χ1) is 17.7. The first-order valence-electron chi connectivity index (χ1n) is 11.4. The van der Waals surface area contributed by atoms with Crippen molar-refractivity contribution in [3.05, 3.63) is 58.7 Å². The first kappa shape index (κ1) is 26.2. The van der Waals surface area contributed by atoms with E-state index in [9.17, 15) is 36.0 Å². The maximum Gasteiger partial charge on any atom is 0.318 e. The van der Waals surface area contributed by atoms with Crippen LogP contribution in [0.15, 0.2) is 46.2 Å². The topological polar surface area (TPSA) is 161 Å². The Labute approximate surface area is 218 Å². The summed E-state index contributed by atoms with van der Waals surface area (Å²) in [4.78, 5) is 51.5. The Hall–Kier alpha value is -3.46. The summed E-state index contributed by atoms with van der Waals surface area (Å²) in [5.74, 6) is -10.0. The second kappa shape index (κ2) is 8.53. The van der Waals surface area contributed by atoms with E-state index < -0.39 is 67.5 Å². The summed E-state index contributed by atoms with van der Waals surface area (Å²) in [5.41, 5.74) is 1.83. The molecule has 12 nitrogen and oxygen atoms in total. The highest BCUT2D eigenvalue weighted by Gasteiger charge is 2.75. The molecule has 5 rings (SSSR count). The predicted octanol–water partition coefficient (Wildman–Crippen LogP) is 1.08. The number of fused-ring (bicyclic) bond motifs is 4. The van der Waals surface area contributed by atoms with E-state index in [4.69, 9.17) is 8.57 Å². The number of carbonyl (C=O) groups is 4. The second-order valence-corrected chi connectivity index (χ2v) is 12.6. The van der Waals surface area contributed by atoms with Crippen molar-refractivity contribution in [3.63, 3.8) is 0 Å². The van der Waals surface area contributed by atoms with Crippen LogP contribution in [0.4, 0.5) is 0 Å². The highest BCUT2D eigenvalue weighted by atomic mass is 32.2. The van der Waals surface area contributed by atoms with Gasteiger partial charge in [-0.15, -0.1) is 18.7 Å². The summed E-state index contributed by atoms with van der Waals surface area (Å²) >= 11 is 0. The van der Waals surface area contributed by atoms with Gasteiger partial charge in [0.15, 0.2) is 0 Å². The zero-order valence-corrected chi connectivity index (χ0v) is 22.2. The van der Waals surface area contributed by atoms with Crippen LogP contribution in [-0.4, -0.2) is 50.6 Å². The lowest BCUT2D eigenvalue weighted by Gasteiger charge is -2.35. The van der Waals surface area contributed by atoms with Gasteiger partial charge in [-0.25, -0.2) is 0 Å². The summed E-state index contributed by atoms with van der Waals surface area (Å²) in [6, 6.07) is 9.05. The molecule has 0 aromatic heterocycles. The van der Waals surface area contributed by atoms with Gasteiger partial charge in [-0.3, -0.25) is 19.2 Å². The van der Waals surface area contributed by atoms with Gasteiger partial charge in [-0.1, -0.05) is 24.3 Å². The first-order valence-corrected chi connectivity index (χ1v) is 14.3. The van der Waals surface area contributed by atoms with Crippen molar-refractivity contribution in [2.75, 3.05) is 0 Å². The number of hydroxylamine groups is 4. The summed E-state index contributed by atoms with van der Waals surface area (Å²) in [7, 11) is -9.21. The molecule has 3 fully saturated rings. The fourth-order valence-electron chi connectivity index (χ4n) is 5.11. The molecule has 2 heterocycles. The number of rotatable bonds is 6. The lowest BCUT2D eigenvalue weighted by atomic mass is 9.59. The molecule has 2 aromatic carbocycles. The summed E-state index contributed by atoms with van der Waals surface area (Å²) in [5, 5.41) is 0.146. The molecule has 14 heteroatoms. The second-order valence-electron chi connectivity index (χ2n) is 9.64. The SMILES string of the molecule is Cc1ccc(C)c(S(=O)(=O)ON2C(=O)C3C(C2=O)C2C(=O)N(OS(=O)(=O)c4cc(C)ccc4C)C(=O)C32)c1. The smallest absolute Gasteiger partial charge is 0.272 e. The van der Waals surface area contributed by atoms with Gasteiger partial charge in [0.05, 0.1) is 33.5 Å². The van der Waals surface area contributed by atoms with Crippen molar-refractivity contribution in [1.82, 2.24) is 10.1 Å². The standard InChI is InChI=1S/C24H22N2O10S2/c1-11-5-7-13(3)15(9-11)37(31,32)35-25-21(27)17-18(22(25)28)20-19(17)23(29)26(24(20)30)36-38(33,34)16-10-12(2)6-8-14(16)4/h5-10,17-20H,1-4H3. The molecule has 2 saturated heterocycles. The zero-order valence-electron chi connectivity index (χ0n) is 20.6. The van der Waals surface area contributed by atoms with Crippen LogP contribution in [0.1, 0.15) is 22.3 Å². The number of hydrogen-bond acceptors (Lipinski definition) is 10. The van der Waals surface area contributed by atoms with Crippen molar-refractivity contribution in [2.24, 2.45) is 23.7 Å². The molecule has 4 amide bonds. The summed E-state index contributed by atoms with van der Waals surface area (Å²) in [6.07, 6.45) is 0. The van der Waals surface area contributed by atoms with Gasteiger partial charge in [-0.2, -0.15) is 16.8 Å². The third kappa shape index (κ3) is 3.78. The lowest BCUT2D eigenvalue weighted by molar-refractivity contribution is -0.169. The zero-order chi connectivity index (χ0) is 27.9. The minimum atomic E-state index is -4.61. The van der Waals surface area contributed by atoms with E-state index >= 15 is 0 Å². The number of imide groups is 2. The Balaban J connectivity index is 1.39. The van der Waals surface area contributed by atoms with Gasteiger partial charge in [0.1, 0.15) is 0 Å². The van der Waals surface area contributed by atoms with E-state index in [1.54, 1.807) is 26.0 Å². The maximum atomic E-state index is 13.0. The van der Waals surface area contributed by atoms with E-state index in [1.807, 2.05) is 0 Å². The number of aryl methyl sites for hydroxylation is 4. The fourth-order valence-corrected chi connectivity index (χ4v) is 7.54. The molecular formula is C24H22N2O10S2. The molecular weight excluding hydrogens is 540 g/mol.